The number of amides is 1. The lowest BCUT2D eigenvalue weighted by atomic mass is 10.0. The van der Waals surface area contributed by atoms with Crippen LogP contribution in [0.3, 0.4) is 0 Å². The molecule has 1 heterocycles. The summed E-state index contributed by atoms with van der Waals surface area (Å²) in [6.07, 6.45) is 5.83. The normalized spacial score (nSPS) is 18.5. The highest BCUT2D eigenvalue weighted by atomic mass is 16.5. The number of aliphatic hydroxyl groups is 1. The van der Waals surface area contributed by atoms with Crippen LogP contribution in [0.5, 0.6) is 11.5 Å². The molecule has 0 saturated heterocycles. The topological polar surface area (TPSA) is 71.5 Å². The van der Waals surface area contributed by atoms with Gasteiger partial charge in [0.05, 0.1) is 32.0 Å². The molecule has 1 aliphatic heterocycles. The van der Waals surface area contributed by atoms with E-state index in [0.717, 1.165) is 36.9 Å². The van der Waals surface area contributed by atoms with Crippen molar-refractivity contribution in [3.8, 4) is 11.5 Å². The molecule has 1 amide bonds. The minimum Gasteiger partial charge on any atom is -0.493 e. The van der Waals surface area contributed by atoms with Crippen molar-refractivity contribution in [2.24, 2.45) is 0 Å². The first kappa shape index (κ1) is 25.4. The lowest BCUT2D eigenvalue weighted by Crippen LogP contribution is -2.45. The van der Waals surface area contributed by atoms with Crippen LogP contribution in [0, 0.1) is 0 Å². The van der Waals surface area contributed by atoms with Crippen LogP contribution in [0.1, 0.15) is 58.4 Å². The van der Waals surface area contributed by atoms with Crippen LogP contribution in [0.25, 0.3) is 0 Å². The summed E-state index contributed by atoms with van der Waals surface area (Å²) in [6, 6.07) is 4.17. The Morgan fingerprint density at radius 3 is 2.64 bits per heavy atom. The van der Waals surface area contributed by atoms with E-state index in [9.17, 15) is 9.90 Å². The SMILES string of the molecule is C=CCOc1c(OC)ccc2c1CN(C1CCCC1)C(=O)CCN2CC(O)COC(C)(C)C. The van der Waals surface area contributed by atoms with E-state index in [1.807, 2.05) is 37.8 Å². The zero-order valence-electron chi connectivity index (χ0n) is 20.6. The predicted octanol–water partition coefficient (Wildman–Crippen LogP) is 3.92. The molecule has 0 spiro atoms. The van der Waals surface area contributed by atoms with E-state index in [1.165, 1.54) is 0 Å². The summed E-state index contributed by atoms with van der Waals surface area (Å²) in [5.74, 6) is 1.42. The molecule has 184 valence electrons. The molecule has 1 fully saturated rings. The van der Waals surface area contributed by atoms with Gasteiger partial charge in [-0.25, -0.2) is 0 Å². The van der Waals surface area contributed by atoms with E-state index in [2.05, 4.69) is 11.5 Å². The average molecular weight is 461 g/mol. The number of benzene rings is 1. The number of fused-ring (bicyclic) bond motifs is 1. The molecule has 0 aromatic heterocycles. The Bertz CT molecular complexity index is 814. The van der Waals surface area contributed by atoms with Gasteiger partial charge >= 0.3 is 0 Å². The number of hydrogen-bond donors (Lipinski definition) is 1. The number of aliphatic hydroxyl groups excluding tert-OH is 1. The molecule has 1 aliphatic carbocycles. The number of β-amino-alcohol motifs (C(OH)–C–C–N with tert-alkyl or cyclic N) is 1. The molecule has 2 aliphatic rings. The third-order valence-corrected chi connectivity index (χ3v) is 6.26. The first-order valence-electron chi connectivity index (χ1n) is 12.0. The summed E-state index contributed by atoms with van der Waals surface area (Å²) in [5.41, 5.74) is 1.55. The van der Waals surface area contributed by atoms with Crippen molar-refractivity contribution < 1.29 is 24.1 Å². The van der Waals surface area contributed by atoms with Gasteiger partial charge in [-0.15, -0.1) is 0 Å². The first-order valence-corrected chi connectivity index (χ1v) is 12.0. The second-order valence-electron chi connectivity index (χ2n) is 9.93. The molecule has 7 heteroatoms. The number of methoxy groups -OCH3 is 1. The van der Waals surface area contributed by atoms with Crippen molar-refractivity contribution in [2.75, 3.05) is 38.3 Å². The van der Waals surface area contributed by atoms with E-state index in [1.54, 1.807) is 13.2 Å². The molecule has 33 heavy (non-hydrogen) atoms. The number of ether oxygens (including phenoxy) is 3. The van der Waals surface area contributed by atoms with Crippen molar-refractivity contribution in [3.05, 3.63) is 30.4 Å². The molecular weight excluding hydrogens is 420 g/mol. The molecule has 7 nitrogen and oxygen atoms in total. The standard InChI is InChI=1S/C26H40N2O5/c1-6-15-32-25-21-17-28(19-9-7-8-10-19)24(30)13-14-27(22(21)11-12-23(25)31-5)16-20(29)18-33-26(2,3)4/h6,11-12,19-20,29H,1,7-10,13-18H2,2-5H3. The maximum atomic E-state index is 13.3. The smallest absolute Gasteiger partial charge is 0.224 e. The van der Waals surface area contributed by atoms with Gasteiger partial charge in [0.2, 0.25) is 5.91 Å². The molecule has 1 N–H and O–H groups in total. The third-order valence-electron chi connectivity index (χ3n) is 6.26. The van der Waals surface area contributed by atoms with E-state index < -0.39 is 6.10 Å². The Labute approximate surface area is 198 Å². The fourth-order valence-electron chi connectivity index (χ4n) is 4.65. The summed E-state index contributed by atoms with van der Waals surface area (Å²) in [6.45, 7) is 11.6. The lowest BCUT2D eigenvalue weighted by molar-refractivity contribution is -0.134. The van der Waals surface area contributed by atoms with Crippen molar-refractivity contribution in [2.45, 2.75) is 77.2 Å². The molecule has 1 saturated carbocycles. The Morgan fingerprint density at radius 2 is 2.00 bits per heavy atom. The fourth-order valence-corrected chi connectivity index (χ4v) is 4.65. The van der Waals surface area contributed by atoms with E-state index in [4.69, 9.17) is 14.2 Å². The van der Waals surface area contributed by atoms with Gasteiger partial charge in [0.1, 0.15) is 6.61 Å². The highest BCUT2D eigenvalue weighted by molar-refractivity contribution is 5.79. The van der Waals surface area contributed by atoms with Crippen LogP contribution < -0.4 is 14.4 Å². The second-order valence-corrected chi connectivity index (χ2v) is 9.93. The summed E-state index contributed by atoms with van der Waals surface area (Å²) in [5, 5.41) is 10.7. The minimum atomic E-state index is -0.683. The summed E-state index contributed by atoms with van der Waals surface area (Å²) in [4.78, 5) is 17.4. The van der Waals surface area contributed by atoms with Crippen molar-refractivity contribution >= 4 is 11.6 Å². The fraction of sp³-hybridized carbons (Fsp3) is 0.654. The third kappa shape index (κ3) is 6.64. The molecule has 1 unspecified atom stereocenters. The van der Waals surface area contributed by atoms with Gasteiger partial charge in [0.15, 0.2) is 11.5 Å². The molecule has 0 bridgehead atoms. The van der Waals surface area contributed by atoms with Crippen molar-refractivity contribution in [3.63, 3.8) is 0 Å². The maximum absolute atomic E-state index is 13.3. The summed E-state index contributed by atoms with van der Waals surface area (Å²) < 4.78 is 17.5. The Balaban J connectivity index is 1.96. The van der Waals surface area contributed by atoms with Gasteiger partial charge in [0, 0.05) is 36.8 Å². The number of anilines is 1. The highest BCUT2D eigenvalue weighted by Crippen LogP contribution is 2.41. The number of nitrogens with zero attached hydrogens (tertiary/aromatic N) is 2. The molecule has 0 radical (unpaired) electrons. The van der Waals surface area contributed by atoms with Crippen LogP contribution in [-0.4, -0.2) is 67.1 Å². The Hall–Kier alpha value is -2.25. The van der Waals surface area contributed by atoms with E-state index >= 15 is 0 Å². The second kappa shape index (κ2) is 11.3. The van der Waals surface area contributed by atoms with Gasteiger partial charge in [-0.3, -0.25) is 4.79 Å². The molecule has 1 atom stereocenters. The maximum Gasteiger partial charge on any atom is 0.224 e. The zero-order valence-corrected chi connectivity index (χ0v) is 20.6. The summed E-state index contributed by atoms with van der Waals surface area (Å²) >= 11 is 0. The van der Waals surface area contributed by atoms with E-state index in [-0.39, 0.29) is 24.2 Å². The molecule has 1 aromatic rings. The van der Waals surface area contributed by atoms with Crippen LogP contribution in [0.15, 0.2) is 24.8 Å². The monoisotopic (exact) mass is 460 g/mol. The highest BCUT2D eigenvalue weighted by Gasteiger charge is 2.33. The Morgan fingerprint density at radius 1 is 1.27 bits per heavy atom. The molecule has 3 rings (SSSR count). The van der Waals surface area contributed by atoms with Crippen LogP contribution in [0.4, 0.5) is 5.69 Å². The Kier molecular flexibility index (Phi) is 8.65. The number of carbonyl (C=O) groups excluding carboxylic acids is 1. The largest absolute Gasteiger partial charge is 0.493 e. The van der Waals surface area contributed by atoms with Gasteiger partial charge in [0.25, 0.3) is 0 Å². The quantitative estimate of drug-likeness (QED) is 0.564. The lowest BCUT2D eigenvalue weighted by Gasteiger charge is -2.37. The van der Waals surface area contributed by atoms with Gasteiger partial charge in [-0.1, -0.05) is 25.5 Å². The van der Waals surface area contributed by atoms with E-state index in [0.29, 0.717) is 44.2 Å². The zero-order chi connectivity index (χ0) is 24.0. The van der Waals surface area contributed by atoms with Gasteiger partial charge in [-0.05, 0) is 45.7 Å². The minimum absolute atomic E-state index is 0.149. The molecule has 1 aromatic carbocycles. The average Bonchev–Trinajstić information content (AvgIpc) is 3.30. The van der Waals surface area contributed by atoms with Crippen molar-refractivity contribution in [1.29, 1.82) is 0 Å². The summed E-state index contributed by atoms with van der Waals surface area (Å²) in [7, 11) is 1.62. The van der Waals surface area contributed by atoms with Crippen LogP contribution in [0.2, 0.25) is 0 Å². The van der Waals surface area contributed by atoms with Gasteiger partial charge < -0.3 is 29.1 Å². The van der Waals surface area contributed by atoms with Crippen LogP contribution >= 0.6 is 0 Å². The molecular formula is C26H40N2O5. The number of carbonyl (C=O) groups is 1. The predicted molar refractivity (Wildman–Crippen MR) is 130 cm³/mol. The number of rotatable bonds is 9. The van der Waals surface area contributed by atoms with Crippen molar-refractivity contribution in [1.82, 2.24) is 4.90 Å². The number of hydrogen-bond acceptors (Lipinski definition) is 6. The van der Waals surface area contributed by atoms with Gasteiger partial charge in [-0.2, -0.15) is 0 Å². The van der Waals surface area contributed by atoms with Crippen LogP contribution in [-0.2, 0) is 16.1 Å². The first-order chi connectivity index (χ1) is 15.7.